The average molecular weight is 766 g/mol. The molecular formula is C35H34Br2N4O6. The summed E-state index contributed by atoms with van der Waals surface area (Å²) in [6, 6.07) is 20.9. The van der Waals surface area contributed by atoms with Crippen LogP contribution in [0.2, 0.25) is 0 Å². The number of rotatable bonds is 12. The number of carbonyl (C=O) groups is 3. The van der Waals surface area contributed by atoms with Crippen molar-refractivity contribution in [2.24, 2.45) is 5.92 Å². The molecule has 1 unspecified atom stereocenters. The zero-order chi connectivity index (χ0) is 33.5. The van der Waals surface area contributed by atoms with Crippen LogP contribution in [0.25, 0.3) is 10.9 Å². The predicted molar refractivity (Wildman–Crippen MR) is 184 cm³/mol. The Morgan fingerprint density at radius 2 is 1.70 bits per heavy atom. The van der Waals surface area contributed by atoms with E-state index < -0.39 is 30.1 Å². The standard InChI is InChI=1S/C35H34Br2N4O6/c1-20(2)30(41-35(44)46-19-21-9-5-4-6-10-21)33-40-31(28(47-33)16-22-11-7-12-24(36)15-22)32(42)39-27(34(43)45-3)17-23-18-38-26-14-8-13-25(37)29(23)26/h4-15,18,20,27,30,38H,16-17,19H2,1-3H3,(H,39,42)(H,41,44)/t27?,30-/m0/s1. The minimum atomic E-state index is -1.02. The van der Waals surface area contributed by atoms with Gasteiger partial charge in [-0.2, -0.15) is 0 Å². The third-order valence-electron chi connectivity index (χ3n) is 7.55. The fraction of sp³-hybridized carbons (Fsp3) is 0.257. The molecule has 0 saturated carbocycles. The highest BCUT2D eigenvalue weighted by molar-refractivity contribution is 9.11. The van der Waals surface area contributed by atoms with E-state index in [4.69, 9.17) is 13.9 Å². The molecule has 10 nitrogen and oxygen atoms in total. The fourth-order valence-corrected chi connectivity index (χ4v) is 6.26. The molecule has 0 aliphatic heterocycles. The number of nitrogens with one attached hydrogen (secondary N) is 3. The van der Waals surface area contributed by atoms with Crippen molar-refractivity contribution in [1.29, 1.82) is 0 Å². The number of aromatic amines is 1. The van der Waals surface area contributed by atoms with Crippen molar-refractivity contribution >= 4 is 60.7 Å². The number of alkyl carbamates (subject to hydrolysis) is 1. The van der Waals surface area contributed by atoms with Gasteiger partial charge in [-0.05, 0) is 46.9 Å². The van der Waals surface area contributed by atoms with E-state index in [2.05, 4.69) is 52.5 Å². The van der Waals surface area contributed by atoms with Gasteiger partial charge in [0.2, 0.25) is 5.89 Å². The van der Waals surface area contributed by atoms with E-state index in [9.17, 15) is 14.4 Å². The molecule has 0 bridgehead atoms. The number of amides is 2. The van der Waals surface area contributed by atoms with Gasteiger partial charge >= 0.3 is 12.1 Å². The summed E-state index contributed by atoms with van der Waals surface area (Å²) in [5, 5.41) is 6.56. The number of aromatic nitrogens is 2. The molecule has 2 heterocycles. The Morgan fingerprint density at radius 1 is 0.957 bits per heavy atom. The van der Waals surface area contributed by atoms with E-state index in [-0.39, 0.29) is 42.7 Å². The largest absolute Gasteiger partial charge is 0.467 e. The van der Waals surface area contributed by atoms with Crippen LogP contribution in [0.1, 0.15) is 58.7 Å². The van der Waals surface area contributed by atoms with Gasteiger partial charge in [0.05, 0.1) is 7.11 Å². The molecule has 5 aromatic rings. The summed E-state index contributed by atoms with van der Waals surface area (Å²) in [7, 11) is 1.27. The molecule has 2 atom stereocenters. The number of ether oxygens (including phenoxy) is 2. The molecule has 2 amide bonds. The highest BCUT2D eigenvalue weighted by Crippen LogP contribution is 2.29. The van der Waals surface area contributed by atoms with E-state index in [1.165, 1.54) is 7.11 Å². The lowest BCUT2D eigenvalue weighted by Crippen LogP contribution is -2.43. The van der Waals surface area contributed by atoms with Crippen molar-refractivity contribution in [2.45, 2.75) is 45.4 Å². The molecule has 244 valence electrons. The van der Waals surface area contributed by atoms with Crippen molar-refractivity contribution < 1.29 is 28.3 Å². The summed E-state index contributed by atoms with van der Waals surface area (Å²) in [4.78, 5) is 47.5. The molecule has 0 aliphatic rings. The monoisotopic (exact) mass is 764 g/mol. The molecule has 0 radical (unpaired) electrons. The van der Waals surface area contributed by atoms with Crippen molar-refractivity contribution in [1.82, 2.24) is 20.6 Å². The second-order valence-corrected chi connectivity index (χ2v) is 13.1. The maximum atomic E-state index is 13.9. The van der Waals surface area contributed by atoms with Gasteiger partial charge in [-0.15, -0.1) is 0 Å². The summed E-state index contributed by atoms with van der Waals surface area (Å²) in [5.41, 5.74) is 3.41. The lowest BCUT2D eigenvalue weighted by atomic mass is 10.0. The summed E-state index contributed by atoms with van der Waals surface area (Å²) >= 11 is 7.07. The van der Waals surface area contributed by atoms with Crippen LogP contribution in [0.4, 0.5) is 4.79 Å². The summed E-state index contributed by atoms with van der Waals surface area (Å²) in [6.07, 6.45) is 1.55. The first-order valence-corrected chi connectivity index (χ1v) is 16.6. The van der Waals surface area contributed by atoms with Crippen molar-refractivity contribution in [3.63, 3.8) is 0 Å². The topological polar surface area (TPSA) is 136 Å². The average Bonchev–Trinajstić information content (AvgIpc) is 3.67. The molecule has 0 saturated heterocycles. The molecule has 0 fully saturated rings. The smallest absolute Gasteiger partial charge is 0.408 e. The van der Waals surface area contributed by atoms with Gasteiger partial charge in [-0.3, -0.25) is 4.79 Å². The molecule has 0 spiro atoms. The van der Waals surface area contributed by atoms with E-state index in [0.717, 1.165) is 36.5 Å². The molecule has 3 aromatic carbocycles. The molecule has 12 heteroatoms. The van der Waals surface area contributed by atoms with E-state index in [1.807, 2.05) is 86.6 Å². The number of carbonyl (C=O) groups excluding carboxylic acids is 3. The van der Waals surface area contributed by atoms with E-state index in [1.54, 1.807) is 6.20 Å². The first-order valence-electron chi connectivity index (χ1n) is 15.0. The second kappa shape index (κ2) is 15.4. The SMILES string of the molecule is COC(=O)C(Cc1c[nH]c2cccc(Br)c12)NC(=O)c1nc([C@@H](NC(=O)OCc2ccccc2)C(C)C)oc1Cc1cccc(Br)c1. The lowest BCUT2D eigenvalue weighted by molar-refractivity contribution is -0.142. The van der Waals surface area contributed by atoms with Gasteiger partial charge < -0.3 is 29.5 Å². The zero-order valence-corrected chi connectivity index (χ0v) is 29.2. The summed E-state index contributed by atoms with van der Waals surface area (Å²) < 4.78 is 18.5. The summed E-state index contributed by atoms with van der Waals surface area (Å²) in [5.74, 6) is -0.981. The van der Waals surface area contributed by atoms with Crippen LogP contribution in [-0.4, -0.2) is 41.1 Å². The second-order valence-electron chi connectivity index (χ2n) is 11.3. The van der Waals surface area contributed by atoms with Crippen LogP contribution in [0.15, 0.2) is 92.4 Å². The third kappa shape index (κ3) is 8.49. The quantitative estimate of drug-likeness (QED) is 0.113. The van der Waals surface area contributed by atoms with Gasteiger partial charge in [0.15, 0.2) is 5.69 Å². The number of H-pyrrole nitrogens is 1. The van der Waals surface area contributed by atoms with E-state index in [0.29, 0.717) is 0 Å². The van der Waals surface area contributed by atoms with Crippen molar-refractivity contribution in [3.05, 3.63) is 122 Å². The molecule has 0 aliphatic carbocycles. The highest BCUT2D eigenvalue weighted by atomic mass is 79.9. The summed E-state index contributed by atoms with van der Waals surface area (Å²) in [6.45, 7) is 3.88. The van der Waals surface area contributed by atoms with Crippen molar-refractivity contribution in [3.8, 4) is 0 Å². The Bertz CT molecular complexity index is 1870. The fourth-order valence-electron chi connectivity index (χ4n) is 5.19. The number of methoxy groups -OCH3 is 1. The minimum Gasteiger partial charge on any atom is -0.467 e. The number of esters is 1. The van der Waals surface area contributed by atoms with Crippen LogP contribution in [-0.2, 0) is 33.7 Å². The van der Waals surface area contributed by atoms with Gasteiger partial charge in [0, 0.05) is 38.9 Å². The minimum absolute atomic E-state index is 0.000844. The molecule has 47 heavy (non-hydrogen) atoms. The highest BCUT2D eigenvalue weighted by Gasteiger charge is 2.31. The Balaban J connectivity index is 1.42. The number of halogens is 2. The number of hydrogen-bond donors (Lipinski definition) is 3. The van der Waals surface area contributed by atoms with Crippen LogP contribution in [0, 0.1) is 5.92 Å². The van der Waals surface area contributed by atoms with Gasteiger partial charge in [-0.1, -0.05) is 94.2 Å². The Hall–Kier alpha value is -4.42. The van der Waals surface area contributed by atoms with Crippen LogP contribution in [0.3, 0.4) is 0 Å². The third-order valence-corrected chi connectivity index (χ3v) is 8.71. The predicted octanol–water partition coefficient (Wildman–Crippen LogP) is 7.41. The number of hydrogen-bond acceptors (Lipinski definition) is 7. The Morgan fingerprint density at radius 3 is 2.43 bits per heavy atom. The van der Waals surface area contributed by atoms with Crippen LogP contribution >= 0.6 is 31.9 Å². The zero-order valence-electron chi connectivity index (χ0n) is 26.0. The number of oxazole rings is 1. The normalized spacial score (nSPS) is 12.5. The van der Waals surface area contributed by atoms with Crippen LogP contribution in [0.5, 0.6) is 0 Å². The lowest BCUT2D eigenvalue weighted by Gasteiger charge is -2.19. The first-order chi connectivity index (χ1) is 22.6. The number of fused-ring (bicyclic) bond motifs is 1. The molecule has 2 aromatic heterocycles. The number of benzene rings is 3. The van der Waals surface area contributed by atoms with Crippen LogP contribution < -0.4 is 10.6 Å². The first kappa shape index (κ1) is 33.9. The van der Waals surface area contributed by atoms with E-state index >= 15 is 0 Å². The Kier molecular flexibility index (Phi) is 11.2. The molecule has 5 rings (SSSR count). The Labute approximate surface area is 288 Å². The van der Waals surface area contributed by atoms with Crippen molar-refractivity contribution in [2.75, 3.05) is 7.11 Å². The van der Waals surface area contributed by atoms with Gasteiger partial charge in [0.25, 0.3) is 5.91 Å². The molecule has 3 N–H and O–H groups in total. The van der Waals surface area contributed by atoms with Gasteiger partial charge in [0.1, 0.15) is 24.5 Å². The number of nitrogens with zero attached hydrogens (tertiary/aromatic N) is 1. The molecular weight excluding hydrogens is 732 g/mol. The maximum Gasteiger partial charge on any atom is 0.408 e. The maximum absolute atomic E-state index is 13.9. The van der Waals surface area contributed by atoms with Gasteiger partial charge in [-0.25, -0.2) is 14.6 Å².